The maximum absolute atomic E-state index is 13.8. The van der Waals surface area contributed by atoms with Gasteiger partial charge in [-0.2, -0.15) is 0 Å². The molecular formula is C10H16FN. The quantitative estimate of drug-likeness (QED) is 0.622. The SMILES string of the molecule is CC#CCCC1(F)CCNCC1. The van der Waals surface area contributed by atoms with Crippen LogP contribution in [0.15, 0.2) is 0 Å². The van der Waals surface area contributed by atoms with E-state index in [1.54, 1.807) is 6.92 Å². The molecule has 1 aliphatic rings. The smallest absolute Gasteiger partial charge is 0.114 e. The largest absolute Gasteiger partial charge is 0.316 e. The first-order valence-electron chi connectivity index (χ1n) is 4.56. The Morgan fingerprint density at radius 3 is 2.67 bits per heavy atom. The highest BCUT2D eigenvalue weighted by Crippen LogP contribution is 2.27. The molecule has 0 atom stereocenters. The van der Waals surface area contributed by atoms with Crippen molar-refractivity contribution in [3.63, 3.8) is 0 Å². The Morgan fingerprint density at radius 1 is 1.42 bits per heavy atom. The highest BCUT2D eigenvalue weighted by molar-refractivity contribution is 4.97. The number of hydrogen-bond donors (Lipinski definition) is 1. The zero-order valence-electron chi connectivity index (χ0n) is 7.62. The van der Waals surface area contributed by atoms with Crippen molar-refractivity contribution in [2.24, 2.45) is 0 Å². The van der Waals surface area contributed by atoms with Crippen LogP contribution in [0, 0.1) is 11.8 Å². The van der Waals surface area contributed by atoms with Gasteiger partial charge in [-0.1, -0.05) is 0 Å². The van der Waals surface area contributed by atoms with Crippen molar-refractivity contribution in [3.05, 3.63) is 0 Å². The predicted octanol–water partition coefficient (Wildman–Crippen LogP) is 1.88. The molecule has 0 aromatic rings. The summed E-state index contributed by atoms with van der Waals surface area (Å²) in [4.78, 5) is 0. The molecule has 1 fully saturated rings. The molecule has 0 saturated carbocycles. The summed E-state index contributed by atoms with van der Waals surface area (Å²) in [5.41, 5.74) is -0.935. The number of nitrogens with one attached hydrogen (secondary N) is 1. The fourth-order valence-electron chi connectivity index (χ4n) is 1.54. The first-order chi connectivity index (χ1) is 5.77. The van der Waals surface area contributed by atoms with Crippen LogP contribution < -0.4 is 5.32 Å². The van der Waals surface area contributed by atoms with E-state index in [-0.39, 0.29) is 0 Å². The van der Waals surface area contributed by atoms with E-state index in [1.165, 1.54) is 0 Å². The van der Waals surface area contributed by atoms with Gasteiger partial charge in [0.25, 0.3) is 0 Å². The van der Waals surface area contributed by atoms with Gasteiger partial charge in [0, 0.05) is 6.42 Å². The van der Waals surface area contributed by atoms with Crippen LogP contribution in [-0.2, 0) is 0 Å². The molecule has 1 aliphatic heterocycles. The summed E-state index contributed by atoms with van der Waals surface area (Å²) in [6, 6.07) is 0. The van der Waals surface area contributed by atoms with Crippen LogP contribution in [0.5, 0.6) is 0 Å². The number of piperidine rings is 1. The molecular weight excluding hydrogens is 153 g/mol. The molecule has 0 aromatic carbocycles. The van der Waals surface area contributed by atoms with Crippen LogP contribution in [0.3, 0.4) is 0 Å². The second-order valence-corrected chi connectivity index (χ2v) is 3.33. The third-order valence-corrected chi connectivity index (χ3v) is 2.37. The Labute approximate surface area is 73.7 Å². The summed E-state index contributed by atoms with van der Waals surface area (Å²) in [6.07, 6.45) is 2.61. The van der Waals surface area contributed by atoms with E-state index in [1.807, 2.05) is 0 Å². The second kappa shape index (κ2) is 4.47. The van der Waals surface area contributed by atoms with Gasteiger partial charge in [-0.15, -0.1) is 11.8 Å². The molecule has 0 unspecified atom stereocenters. The normalized spacial score (nSPS) is 21.2. The summed E-state index contributed by atoms with van der Waals surface area (Å²) >= 11 is 0. The molecule has 1 heterocycles. The average molecular weight is 169 g/mol. The maximum atomic E-state index is 13.8. The number of hydrogen-bond acceptors (Lipinski definition) is 1. The van der Waals surface area contributed by atoms with E-state index in [4.69, 9.17) is 0 Å². The summed E-state index contributed by atoms with van der Waals surface area (Å²) in [5, 5.41) is 3.15. The van der Waals surface area contributed by atoms with Gasteiger partial charge in [-0.3, -0.25) is 0 Å². The monoisotopic (exact) mass is 169 g/mol. The van der Waals surface area contributed by atoms with E-state index < -0.39 is 5.67 Å². The molecule has 0 aromatic heterocycles. The van der Waals surface area contributed by atoms with Gasteiger partial charge in [-0.05, 0) is 39.3 Å². The fourth-order valence-corrected chi connectivity index (χ4v) is 1.54. The molecule has 0 amide bonds. The lowest BCUT2D eigenvalue weighted by Gasteiger charge is -2.29. The minimum absolute atomic E-state index is 0.607. The van der Waals surface area contributed by atoms with E-state index in [9.17, 15) is 4.39 Å². The van der Waals surface area contributed by atoms with Crippen LogP contribution >= 0.6 is 0 Å². The Kier molecular flexibility index (Phi) is 3.55. The standard InChI is InChI=1S/C10H16FN/c1-2-3-4-5-10(11)6-8-12-9-7-10/h12H,4-9H2,1H3. The number of rotatable bonds is 2. The molecule has 1 N–H and O–H groups in total. The topological polar surface area (TPSA) is 12.0 Å². The molecule has 0 aliphatic carbocycles. The van der Waals surface area contributed by atoms with Gasteiger partial charge in [0.1, 0.15) is 5.67 Å². The van der Waals surface area contributed by atoms with Crippen LogP contribution in [0.4, 0.5) is 4.39 Å². The molecule has 1 saturated heterocycles. The van der Waals surface area contributed by atoms with Crippen LogP contribution in [0.25, 0.3) is 0 Å². The van der Waals surface area contributed by atoms with Crippen LogP contribution in [0.2, 0.25) is 0 Å². The Balaban J connectivity index is 2.29. The second-order valence-electron chi connectivity index (χ2n) is 3.33. The number of alkyl halides is 1. The molecule has 12 heavy (non-hydrogen) atoms. The fraction of sp³-hybridized carbons (Fsp3) is 0.800. The van der Waals surface area contributed by atoms with Crippen molar-refractivity contribution >= 4 is 0 Å². The van der Waals surface area contributed by atoms with Gasteiger partial charge in [0.15, 0.2) is 0 Å². The van der Waals surface area contributed by atoms with Crippen molar-refractivity contribution in [2.75, 3.05) is 13.1 Å². The van der Waals surface area contributed by atoms with Gasteiger partial charge < -0.3 is 5.32 Å². The van der Waals surface area contributed by atoms with E-state index in [0.717, 1.165) is 13.1 Å². The molecule has 2 heteroatoms. The summed E-state index contributed by atoms with van der Waals surface area (Å²) in [5.74, 6) is 5.70. The first kappa shape index (κ1) is 9.54. The van der Waals surface area contributed by atoms with Crippen molar-refractivity contribution in [1.82, 2.24) is 5.32 Å². The maximum Gasteiger partial charge on any atom is 0.114 e. The van der Waals surface area contributed by atoms with Crippen LogP contribution in [-0.4, -0.2) is 18.8 Å². The molecule has 0 radical (unpaired) electrons. The lowest BCUT2D eigenvalue weighted by Crippen LogP contribution is -2.38. The van der Waals surface area contributed by atoms with Crippen molar-refractivity contribution in [1.29, 1.82) is 0 Å². The molecule has 1 rings (SSSR count). The average Bonchev–Trinajstić information content (AvgIpc) is 2.06. The number of halogens is 1. The van der Waals surface area contributed by atoms with E-state index in [2.05, 4.69) is 17.2 Å². The lowest BCUT2D eigenvalue weighted by molar-refractivity contribution is 0.107. The van der Waals surface area contributed by atoms with Crippen molar-refractivity contribution in [2.45, 2.75) is 38.3 Å². The molecule has 0 spiro atoms. The highest BCUT2D eigenvalue weighted by Gasteiger charge is 2.30. The Hall–Kier alpha value is -0.550. The molecule has 1 nitrogen and oxygen atoms in total. The van der Waals surface area contributed by atoms with Crippen molar-refractivity contribution in [3.8, 4) is 11.8 Å². The zero-order chi connectivity index (χ0) is 8.86. The third kappa shape index (κ3) is 2.83. The third-order valence-electron chi connectivity index (χ3n) is 2.37. The molecule has 0 bridgehead atoms. The Bertz CT molecular complexity index is 184. The highest BCUT2D eigenvalue weighted by atomic mass is 19.1. The summed E-state index contributed by atoms with van der Waals surface area (Å²) in [7, 11) is 0. The summed E-state index contributed by atoms with van der Waals surface area (Å²) < 4.78 is 13.8. The minimum atomic E-state index is -0.935. The van der Waals surface area contributed by atoms with Gasteiger partial charge in [0.05, 0.1) is 0 Å². The van der Waals surface area contributed by atoms with Crippen molar-refractivity contribution < 1.29 is 4.39 Å². The van der Waals surface area contributed by atoms with E-state index >= 15 is 0 Å². The van der Waals surface area contributed by atoms with Gasteiger partial charge in [0.2, 0.25) is 0 Å². The minimum Gasteiger partial charge on any atom is -0.316 e. The first-order valence-corrected chi connectivity index (χ1v) is 4.56. The van der Waals surface area contributed by atoms with E-state index in [0.29, 0.717) is 25.7 Å². The molecule has 68 valence electrons. The van der Waals surface area contributed by atoms with Gasteiger partial charge in [-0.25, -0.2) is 4.39 Å². The Morgan fingerprint density at radius 2 is 2.08 bits per heavy atom. The zero-order valence-corrected chi connectivity index (χ0v) is 7.62. The van der Waals surface area contributed by atoms with Gasteiger partial charge >= 0.3 is 0 Å². The van der Waals surface area contributed by atoms with Crippen LogP contribution in [0.1, 0.15) is 32.6 Å². The predicted molar refractivity (Wildman–Crippen MR) is 48.6 cm³/mol. The lowest BCUT2D eigenvalue weighted by atomic mass is 9.90. The summed E-state index contributed by atoms with van der Waals surface area (Å²) in [6.45, 7) is 3.43.